The zero-order chi connectivity index (χ0) is 13.9. The first-order valence-corrected chi connectivity index (χ1v) is 7.02. The van der Waals surface area contributed by atoms with Crippen molar-refractivity contribution in [2.75, 3.05) is 11.8 Å². The van der Waals surface area contributed by atoms with Gasteiger partial charge in [-0.2, -0.15) is 0 Å². The molecule has 100 valence electrons. The Morgan fingerprint density at radius 3 is 2.68 bits per heavy atom. The first kappa shape index (κ1) is 13.6. The van der Waals surface area contributed by atoms with E-state index in [1.807, 2.05) is 0 Å². The van der Waals surface area contributed by atoms with Crippen LogP contribution in [0.3, 0.4) is 0 Å². The quantitative estimate of drug-likeness (QED) is 0.873. The summed E-state index contributed by atoms with van der Waals surface area (Å²) >= 11 is 5.67. The molecule has 1 N–H and O–H groups in total. The molecule has 0 unspecified atom stereocenters. The maximum Gasteiger partial charge on any atom is 0.266 e. The number of ether oxygens (including phenoxy) is 1. The predicted octanol–water partition coefficient (Wildman–Crippen LogP) is 1.94. The van der Waals surface area contributed by atoms with E-state index in [2.05, 4.69) is 14.7 Å². The van der Waals surface area contributed by atoms with Crippen molar-refractivity contribution < 1.29 is 13.2 Å². The van der Waals surface area contributed by atoms with Gasteiger partial charge in [-0.25, -0.2) is 18.4 Å². The lowest BCUT2D eigenvalue weighted by molar-refractivity contribution is 0.403. The largest absolute Gasteiger partial charge is 0.495 e. The zero-order valence-corrected chi connectivity index (χ0v) is 11.4. The standard InChI is InChI=1S/C11H10ClN3O3S/c1-18-8-4-2-3-5-9(8)19(16,17)15-11-6-10(12)13-7-14-11/h2-7H,1H3,(H,13,14,15). The van der Waals surface area contributed by atoms with Crippen molar-refractivity contribution in [2.24, 2.45) is 0 Å². The SMILES string of the molecule is COc1ccccc1S(=O)(=O)Nc1cc(Cl)ncn1. The number of para-hydroxylation sites is 1. The molecule has 8 heteroatoms. The Morgan fingerprint density at radius 1 is 1.26 bits per heavy atom. The van der Waals surface area contributed by atoms with E-state index in [4.69, 9.17) is 16.3 Å². The summed E-state index contributed by atoms with van der Waals surface area (Å²) in [5.74, 6) is 0.334. The molecular weight excluding hydrogens is 290 g/mol. The van der Waals surface area contributed by atoms with Gasteiger partial charge in [0.25, 0.3) is 10.0 Å². The second-order valence-corrected chi connectivity index (χ2v) is 5.52. The van der Waals surface area contributed by atoms with Gasteiger partial charge in [0, 0.05) is 6.07 Å². The average Bonchev–Trinajstić information content (AvgIpc) is 2.38. The smallest absolute Gasteiger partial charge is 0.266 e. The molecule has 0 spiro atoms. The summed E-state index contributed by atoms with van der Waals surface area (Å²) in [5.41, 5.74) is 0. The van der Waals surface area contributed by atoms with Crippen LogP contribution in [-0.2, 0) is 10.0 Å². The van der Waals surface area contributed by atoms with E-state index < -0.39 is 10.0 Å². The van der Waals surface area contributed by atoms with Gasteiger partial charge in [-0.05, 0) is 12.1 Å². The van der Waals surface area contributed by atoms with Crippen LogP contribution in [-0.4, -0.2) is 25.5 Å². The van der Waals surface area contributed by atoms with Crippen LogP contribution < -0.4 is 9.46 Å². The highest BCUT2D eigenvalue weighted by atomic mass is 35.5. The van der Waals surface area contributed by atoms with Crippen LogP contribution in [0.4, 0.5) is 5.82 Å². The highest BCUT2D eigenvalue weighted by molar-refractivity contribution is 7.92. The average molecular weight is 300 g/mol. The van der Waals surface area contributed by atoms with Crippen LogP contribution in [0.15, 0.2) is 41.6 Å². The minimum absolute atomic E-state index is 0.0206. The molecule has 0 aliphatic rings. The maximum atomic E-state index is 12.2. The molecule has 2 rings (SSSR count). The summed E-state index contributed by atoms with van der Waals surface area (Å²) in [6.07, 6.45) is 1.17. The number of hydrogen-bond acceptors (Lipinski definition) is 5. The minimum Gasteiger partial charge on any atom is -0.495 e. The molecule has 0 atom stereocenters. The summed E-state index contributed by atoms with van der Waals surface area (Å²) in [5, 5.41) is 0.146. The Balaban J connectivity index is 2.38. The van der Waals surface area contributed by atoms with E-state index in [1.54, 1.807) is 18.2 Å². The summed E-state index contributed by atoms with van der Waals surface area (Å²) in [4.78, 5) is 7.47. The Labute approximate surface area is 115 Å². The predicted molar refractivity (Wildman–Crippen MR) is 70.8 cm³/mol. The lowest BCUT2D eigenvalue weighted by atomic mass is 10.3. The van der Waals surface area contributed by atoms with E-state index in [9.17, 15) is 8.42 Å². The second-order valence-electron chi connectivity index (χ2n) is 3.48. The Hall–Kier alpha value is -1.86. The number of anilines is 1. The lowest BCUT2D eigenvalue weighted by Crippen LogP contribution is -2.15. The fourth-order valence-electron chi connectivity index (χ4n) is 1.42. The number of nitrogens with one attached hydrogen (secondary N) is 1. The summed E-state index contributed by atoms with van der Waals surface area (Å²) in [7, 11) is -2.40. The van der Waals surface area contributed by atoms with Gasteiger partial charge in [0.15, 0.2) is 0 Å². The van der Waals surface area contributed by atoms with E-state index in [0.29, 0.717) is 0 Å². The van der Waals surface area contributed by atoms with Crippen LogP contribution in [0.5, 0.6) is 5.75 Å². The van der Waals surface area contributed by atoms with Crippen molar-refractivity contribution in [3.8, 4) is 5.75 Å². The lowest BCUT2D eigenvalue weighted by Gasteiger charge is -2.10. The fraction of sp³-hybridized carbons (Fsp3) is 0.0909. The van der Waals surface area contributed by atoms with Crippen LogP contribution in [0.1, 0.15) is 0 Å². The molecule has 0 fully saturated rings. The van der Waals surface area contributed by atoms with Gasteiger partial charge in [-0.3, -0.25) is 4.72 Å². The number of methoxy groups -OCH3 is 1. The summed E-state index contributed by atoms with van der Waals surface area (Å²) in [6.45, 7) is 0. The van der Waals surface area contributed by atoms with Crippen molar-refractivity contribution in [1.82, 2.24) is 9.97 Å². The normalized spacial score (nSPS) is 11.1. The third kappa shape index (κ3) is 3.12. The molecule has 0 bridgehead atoms. The Bertz CT molecular complexity index is 691. The van der Waals surface area contributed by atoms with Crippen molar-refractivity contribution in [3.05, 3.63) is 41.8 Å². The highest BCUT2D eigenvalue weighted by Gasteiger charge is 2.19. The van der Waals surface area contributed by atoms with Crippen molar-refractivity contribution >= 4 is 27.4 Å². The number of sulfonamides is 1. The van der Waals surface area contributed by atoms with Crippen LogP contribution in [0, 0.1) is 0 Å². The first-order valence-electron chi connectivity index (χ1n) is 5.16. The molecule has 6 nitrogen and oxygen atoms in total. The molecule has 0 saturated heterocycles. The first-order chi connectivity index (χ1) is 9.03. The molecule has 1 aromatic carbocycles. The molecule has 0 aliphatic carbocycles. The van der Waals surface area contributed by atoms with E-state index in [-0.39, 0.29) is 21.6 Å². The zero-order valence-electron chi connectivity index (χ0n) is 9.87. The number of halogens is 1. The van der Waals surface area contributed by atoms with Gasteiger partial charge < -0.3 is 4.74 Å². The molecule has 0 aliphatic heterocycles. The van der Waals surface area contributed by atoms with E-state index >= 15 is 0 Å². The van der Waals surface area contributed by atoms with Gasteiger partial charge in [-0.15, -0.1) is 0 Å². The molecule has 0 radical (unpaired) electrons. The number of rotatable bonds is 4. The van der Waals surface area contributed by atoms with Crippen molar-refractivity contribution in [2.45, 2.75) is 4.90 Å². The number of aromatic nitrogens is 2. The van der Waals surface area contributed by atoms with Gasteiger partial charge >= 0.3 is 0 Å². The van der Waals surface area contributed by atoms with Crippen LogP contribution >= 0.6 is 11.6 Å². The fourth-order valence-corrected chi connectivity index (χ4v) is 2.74. The van der Waals surface area contributed by atoms with Crippen LogP contribution in [0.25, 0.3) is 0 Å². The maximum absolute atomic E-state index is 12.2. The molecule has 0 saturated carbocycles. The molecular formula is C11H10ClN3O3S. The molecule has 19 heavy (non-hydrogen) atoms. The molecule has 0 amide bonds. The summed E-state index contributed by atoms with van der Waals surface area (Å²) < 4.78 is 31.7. The number of nitrogens with zero attached hydrogens (tertiary/aromatic N) is 2. The minimum atomic E-state index is -3.80. The van der Waals surface area contributed by atoms with Crippen LogP contribution in [0.2, 0.25) is 5.15 Å². The number of hydrogen-bond donors (Lipinski definition) is 1. The molecule has 1 aromatic heterocycles. The third-order valence-corrected chi connectivity index (χ3v) is 3.83. The van der Waals surface area contributed by atoms with Crippen molar-refractivity contribution in [1.29, 1.82) is 0 Å². The van der Waals surface area contributed by atoms with Gasteiger partial charge in [0.05, 0.1) is 7.11 Å². The third-order valence-electron chi connectivity index (χ3n) is 2.23. The van der Waals surface area contributed by atoms with E-state index in [1.165, 1.54) is 25.6 Å². The summed E-state index contributed by atoms with van der Waals surface area (Å²) in [6, 6.07) is 7.59. The Morgan fingerprint density at radius 2 is 2.00 bits per heavy atom. The monoisotopic (exact) mass is 299 g/mol. The highest BCUT2D eigenvalue weighted by Crippen LogP contribution is 2.24. The van der Waals surface area contributed by atoms with Crippen molar-refractivity contribution in [3.63, 3.8) is 0 Å². The van der Waals surface area contributed by atoms with Gasteiger partial charge in [0.2, 0.25) is 0 Å². The molecule has 1 heterocycles. The van der Waals surface area contributed by atoms with Gasteiger partial charge in [0.1, 0.15) is 27.9 Å². The number of benzene rings is 1. The Kier molecular flexibility index (Phi) is 3.87. The van der Waals surface area contributed by atoms with Gasteiger partial charge in [-0.1, -0.05) is 23.7 Å². The van der Waals surface area contributed by atoms with E-state index in [0.717, 1.165) is 0 Å². The topological polar surface area (TPSA) is 81.2 Å². The molecule has 2 aromatic rings. The second kappa shape index (κ2) is 5.41.